The van der Waals surface area contributed by atoms with Gasteiger partial charge < -0.3 is 5.32 Å². The Balaban J connectivity index is 2.11. The summed E-state index contributed by atoms with van der Waals surface area (Å²) in [6.07, 6.45) is -0.395. The Morgan fingerprint density at radius 1 is 0.694 bits per heavy atom. The average molecular weight is 494 g/mol. The van der Waals surface area contributed by atoms with E-state index < -0.39 is 52.8 Å². The summed E-state index contributed by atoms with van der Waals surface area (Å²) in [6.45, 7) is 0. The fourth-order valence-electron chi connectivity index (χ4n) is 3.66. The molecule has 176 valence electrons. The molecule has 2 aromatic rings. The second kappa shape index (κ2) is 9.24. The summed E-state index contributed by atoms with van der Waals surface area (Å²) in [5.74, 6) is -6.23. The minimum Gasteiger partial charge on any atom is -0.329 e. The Kier molecular flexibility index (Phi) is 6.16. The van der Waals surface area contributed by atoms with Gasteiger partial charge in [0.2, 0.25) is 23.8 Å². The van der Waals surface area contributed by atoms with E-state index in [1.54, 1.807) is 18.2 Å². The van der Waals surface area contributed by atoms with Gasteiger partial charge in [-0.25, -0.2) is 4.39 Å². The summed E-state index contributed by atoms with van der Waals surface area (Å²) in [5, 5.41) is 31.2. The number of dihydropyridines is 1. The first kappa shape index (κ1) is 24.0. The van der Waals surface area contributed by atoms with Gasteiger partial charge in [-0.3, -0.25) is 0 Å². The SMILES string of the molecule is N#CC(=C1C(=C(\C#N)C2=CC(F)NC(F)=C2)/C1=C(\C#N)c1cc(F)nc(F)c1)c1cc(F)nc(F)c1. The van der Waals surface area contributed by atoms with E-state index in [0.717, 1.165) is 12.2 Å². The molecule has 1 N–H and O–H groups in total. The third kappa shape index (κ3) is 4.46. The molecule has 4 rings (SSSR count). The Labute approximate surface area is 198 Å². The van der Waals surface area contributed by atoms with Gasteiger partial charge in [-0.2, -0.15) is 47.7 Å². The molecule has 0 bridgehead atoms. The van der Waals surface area contributed by atoms with Crippen molar-refractivity contribution < 1.29 is 26.3 Å². The molecule has 3 heterocycles. The molecule has 1 fully saturated rings. The minimum absolute atomic E-state index is 0.176. The van der Waals surface area contributed by atoms with Gasteiger partial charge in [0.1, 0.15) is 18.2 Å². The quantitative estimate of drug-likeness (QED) is 0.285. The van der Waals surface area contributed by atoms with Gasteiger partial charge in [-0.05, 0) is 17.7 Å². The predicted molar refractivity (Wildman–Crippen MR) is 111 cm³/mol. The summed E-state index contributed by atoms with van der Waals surface area (Å²) in [7, 11) is 0. The Bertz CT molecular complexity index is 1480. The molecule has 12 heteroatoms. The molecule has 0 saturated heterocycles. The van der Waals surface area contributed by atoms with Crippen molar-refractivity contribution in [2.75, 3.05) is 0 Å². The molecule has 1 unspecified atom stereocenters. The van der Waals surface area contributed by atoms with Crippen LogP contribution in [0.25, 0.3) is 11.1 Å². The van der Waals surface area contributed by atoms with Crippen LogP contribution in [-0.4, -0.2) is 16.3 Å². The van der Waals surface area contributed by atoms with Crippen molar-refractivity contribution in [2.45, 2.75) is 6.30 Å². The van der Waals surface area contributed by atoms with Crippen LogP contribution >= 0.6 is 0 Å². The number of rotatable bonds is 3. The summed E-state index contributed by atoms with van der Waals surface area (Å²) < 4.78 is 82.8. The summed E-state index contributed by atoms with van der Waals surface area (Å²) >= 11 is 0. The number of nitrogens with zero attached hydrogens (tertiary/aromatic N) is 5. The number of alkyl halides is 1. The van der Waals surface area contributed by atoms with Crippen molar-refractivity contribution in [1.29, 1.82) is 15.8 Å². The number of nitriles is 3. The lowest BCUT2D eigenvalue weighted by molar-refractivity contribution is 0.323. The average Bonchev–Trinajstić information content (AvgIpc) is 3.47. The normalized spacial score (nSPS) is 20.6. The molecule has 1 aliphatic heterocycles. The highest BCUT2D eigenvalue weighted by Crippen LogP contribution is 2.55. The zero-order valence-electron chi connectivity index (χ0n) is 17.5. The summed E-state index contributed by atoms with van der Waals surface area (Å²) in [4.78, 5) is 5.87. The topological polar surface area (TPSA) is 109 Å². The third-order valence-corrected chi connectivity index (χ3v) is 5.05. The highest BCUT2D eigenvalue weighted by Gasteiger charge is 2.42. The van der Waals surface area contributed by atoms with Crippen LogP contribution in [0.2, 0.25) is 0 Å². The number of halogens is 6. The zero-order chi connectivity index (χ0) is 26.1. The first-order chi connectivity index (χ1) is 17.2. The smallest absolute Gasteiger partial charge is 0.216 e. The summed E-state index contributed by atoms with van der Waals surface area (Å²) in [6, 6.07) is 8.05. The predicted octanol–water partition coefficient (Wildman–Crippen LogP) is 4.76. The number of hydrogen-bond donors (Lipinski definition) is 1. The van der Waals surface area contributed by atoms with Crippen LogP contribution in [0, 0.1) is 57.8 Å². The number of allylic oxidation sites excluding steroid dienone is 8. The second-order valence-electron chi connectivity index (χ2n) is 7.25. The fraction of sp³-hybridized carbons (Fsp3) is 0.0417. The third-order valence-electron chi connectivity index (χ3n) is 5.05. The maximum absolute atomic E-state index is 13.9. The van der Waals surface area contributed by atoms with E-state index in [9.17, 15) is 42.1 Å². The Morgan fingerprint density at radius 2 is 1.08 bits per heavy atom. The van der Waals surface area contributed by atoms with Gasteiger partial charge >= 0.3 is 0 Å². The van der Waals surface area contributed by atoms with Crippen LogP contribution in [-0.2, 0) is 0 Å². The van der Waals surface area contributed by atoms with Crippen LogP contribution in [0.5, 0.6) is 0 Å². The molecule has 1 atom stereocenters. The van der Waals surface area contributed by atoms with Gasteiger partial charge in [0.25, 0.3) is 0 Å². The molecule has 6 nitrogen and oxygen atoms in total. The minimum atomic E-state index is -2.02. The lowest BCUT2D eigenvalue weighted by atomic mass is 10.0. The molecule has 2 aliphatic rings. The number of aromatic nitrogens is 2. The maximum atomic E-state index is 13.9. The van der Waals surface area contributed by atoms with Crippen molar-refractivity contribution in [2.24, 2.45) is 0 Å². The molecule has 1 saturated carbocycles. The second-order valence-corrected chi connectivity index (χ2v) is 7.25. The van der Waals surface area contributed by atoms with Crippen LogP contribution in [0.3, 0.4) is 0 Å². The van der Waals surface area contributed by atoms with Crippen molar-refractivity contribution in [3.05, 3.63) is 105 Å². The van der Waals surface area contributed by atoms with Crippen molar-refractivity contribution in [3.8, 4) is 18.2 Å². The van der Waals surface area contributed by atoms with Crippen LogP contribution in [0.15, 0.2) is 70.2 Å². The maximum Gasteiger partial charge on any atom is 0.216 e. The largest absolute Gasteiger partial charge is 0.329 e. The lowest BCUT2D eigenvalue weighted by Crippen LogP contribution is -2.23. The fourth-order valence-corrected chi connectivity index (χ4v) is 3.66. The van der Waals surface area contributed by atoms with E-state index in [-0.39, 0.29) is 33.4 Å². The standard InChI is InChI=1S/C24H8F6N6/c25-16-1-10(2-17(26)34-16)13(7-31)22-23(14(8-32)11-3-18(27)35-19(28)4-11)24(22)15(9-33)12-5-20(29)36-21(30)6-12/h1-6,16,34H/b22-13-,23-14?,24-15-. The van der Waals surface area contributed by atoms with E-state index in [1.165, 1.54) is 0 Å². The zero-order valence-corrected chi connectivity index (χ0v) is 17.5. The monoisotopic (exact) mass is 494 g/mol. The van der Waals surface area contributed by atoms with E-state index in [2.05, 4.69) is 9.97 Å². The highest BCUT2D eigenvalue weighted by molar-refractivity contribution is 6.07. The highest BCUT2D eigenvalue weighted by atomic mass is 19.2. The van der Waals surface area contributed by atoms with Gasteiger partial charge in [0.05, 0.1) is 16.7 Å². The Morgan fingerprint density at radius 3 is 1.44 bits per heavy atom. The van der Waals surface area contributed by atoms with Crippen molar-refractivity contribution >= 4 is 11.1 Å². The van der Waals surface area contributed by atoms with E-state index in [1.807, 2.05) is 5.32 Å². The number of pyridine rings is 2. The van der Waals surface area contributed by atoms with Gasteiger partial charge in [0, 0.05) is 52.1 Å². The van der Waals surface area contributed by atoms with Crippen molar-refractivity contribution in [1.82, 2.24) is 15.3 Å². The molecule has 2 aromatic heterocycles. The van der Waals surface area contributed by atoms with E-state index in [4.69, 9.17) is 0 Å². The van der Waals surface area contributed by atoms with Crippen LogP contribution in [0.1, 0.15) is 11.1 Å². The molecule has 0 spiro atoms. The van der Waals surface area contributed by atoms with Gasteiger partial charge in [0.15, 0.2) is 12.2 Å². The first-order valence-corrected chi connectivity index (χ1v) is 9.78. The van der Waals surface area contributed by atoms with Crippen molar-refractivity contribution in [3.63, 3.8) is 0 Å². The van der Waals surface area contributed by atoms with Gasteiger partial charge in [-0.15, -0.1) is 0 Å². The number of nitrogens with one attached hydrogen (secondary N) is 1. The number of hydrogen-bond acceptors (Lipinski definition) is 6. The molecule has 0 aromatic carbocycles. The first-order valence-electron chi connectivity index (χ1n) is 9.78. The van der Waals surface area contributed by atoms with E-state index >= 15 is 0 Å². The summed E-state index contributed by atoms with van der Waals surface area (Å²) in [5.41, 5.74) is -2.70. The molecular formula is C24H8F6N6. The molecule has 0 amide bonds. The molecular weight excluding hydrogens is 486 g/mol. The van der Waals surface area contributed by atoms with Gasteiger partial charge in [-0.1, -0.05) is 0 Å². The molecule has 36 heavy (non-hydrogen) atoms. The molecule has 1 aliphatic carbocycles. The Hall–Kier alpha value is -5.15. The molecule has 0 radical (unpaired) electrons. The van der Waals surface area contributed by atoms with E-state index in [0.29, 0.717) is 24.3 Å². The lowest BCUT2D eigenvalue weighted by Gasteiger charge is -2.13. The van der Waals surface area contributed by atoms with Crippen LogP contribution in [0.4, 0.5) is 26.3 Å². The van der Waals surface area contributed by atoms with Crippen LogP contribution < -0.4 is 5.32 Å².